The second kappa shape index (κ2) is 8.18. The topological polar surface area (TPSA) is 46.6 Å². The number of alkyl halides is 3. The lowest BCUT2D eigenvalue weighted by Crippen LogP contribution is -2.39. The third-order valence-electron chi connectivity index (χ3n) is 1.86. The number of rotatable bonds is 9. The van der Waals surface area contributed by atoms with E-state index >= 15 is 0 Å². The highest BCUT2D eigenvalue weighted by molar-refractivity contribution is 7.89. The maximum Gasteiger partial charge on any atom is 0.252 e. The van der Waals surface area contributed by atoms with Crippen molar-refractivity contribution in [1.29, 1.82) is 0 Å². The van der Waals surface area contributed by atoms with E-state index < -0.39 is 23.0 Å². The van der Waals surface area contributed by atoms with Gasteiger partial charge in [0.15, 0.2) is 0 Å². The van der Waals surface area contributed by atoms with E-state index in [-0.39, 0.29) is 30.9 Å². The molecular weight excluding hydrogens is 276 g/mol. The first-order valence-corrected chi connectivity index (χ1v) is 7.37. The second-order valence-electron chi connectivity index (χ2n) is 3.67. The molecule has 0 bridgehead atoms. The number of ether oxygens (including phenoxy) is 1. The highest BCUT2D eigenvalue weighted by atomic mass is 35.5. The molecule has 0 spiro atoms. The van der Waals surface area contributed by atoms with Gasteiger partial charge in [-0.25, -0.2) is 17.2 Å². The molecule has 8 heteroatoms. The fourth-order valence-corrected chi connectivity index (χ4v) is 2.69. The Bertz CT molecular complexity index is 299. The van der Waals surface area contributed by atoms with E-state index in [0.29, 0.717) is 4.31 Å². The van der Waals surface area contributed by atoms with E-state index in [2.05, 4.69) is 0 Å². The molecule has 0 heterocycles. The molecule has 0 amide bonds. The number of sulfonamides is 1. The van der Waals surface area contributed by atoms with Crippen LogP contribution in [0.15, 0.2) is 0 Å². The highest BCUT2D eigenvalue weighted by Gasteiger charge is 2.24. The summed E-state index contributed by atoms with van der Waals surface area (Å²) in [6.07, 6.45) is -2.80. The third-order valence-corrected chi connectivity index (χ3v) is 3.83. The molecule has 0 rings (SSSR count). The Kier molecular flexibility index (Phi) is 8.19. The Morgan fingerprint density at radius 1 is 1.35 bits per heavy atom. The zero-order chi connectivity index (χ0) is 13.5. The van der Waals surface area contributed by atoms with E-state index in [1.54, 1.807) is 13.8 Å². The van der Waals surface area contributed by atoms with Crippen molar-refractivity contribution < 1.29 is 21.9 Å². The van der Waals surface area contributed by atoms with Crippen LogP contribution in [0, 0.1) is 0 Å². The standard InChI is InChI=1S/C9H18ClF2NO3S/c1-8(2)16-5-6-17(14,15)13(4-3-10)7-9(11)12/h8-9H,3-7H2,1-2H3. The molecule has 0 aliphatic carbocycles. The van der Waals surface area contributed by atoms with Crippen molar-refractivity contribution in [3.63, 3.8) is 0 Å². The molecule has 0 aromatic carbocycles. The van der Waals surface area contributed by atoms with E-state index in [9.17, 15) is 17.2 Å². The summed E-state index contributed by atoms with van der Waals surface area (Å²) in [5, 5.41) is 0. The van der Waals surface area contributed by atoms with Crippen molar-refractivity contribution >= 4 is 21.6 Å². The van der Waals surface area contributed by atoms with Crippen molar-refractivity contribution in [1.82, 2.24) is 4.31 Å². The van der Waals surface area contributed by atoms with Gasteiger partial charge in [-0.15, -0.1) is 11.6 Å². The molecule has 0 atom stereocenters. The first-order chi connectivity index (χ1) is 7.79. The molecule has 0 N–H and O–H groups in total. The molecule has 0 unspecified atom stereocenters. The van der Waals surface area contributed by atoms with Gasteiger partial charge >= 0.3 is 0 Å². The minimum absolute atomic E-state index is 0.0119. The van der Waals surface area contributed by atoms with Gasteiger partial charge in [-0.1, -0.05) is 0 Å². The van der Waals surface area contributed by atoms with E-state index in [0.717, 1.165) is 0 Å². The van der Waals surface area contributed by atoms with Gasteiger partial charge in [0.05, 0.1) is 25.0 Å². The molecule has 0 aromatic heterocycles. The Morgan fingerprint density at radius 2 is 1.94 bits per heavy atom. The summed E-state index contributed by atoms with van der Waals surface area (Å²) in [6, 6.07) is 0. The van der Waals surface area contributed by atoms with Crippen LogP contribution in [0.3, 0.4) is 0 Å². The predicted octanol–water partition coefficient (Wildman–Crippen LogP) is 1.55. The average molecular weight is 294 g/mol. The second-order valence-corrected chi connectivity index (χ2v) is 6.14. The summed E-state index contributed by atoms with van der Waals surface area (Å²) in [6.45, 7) is 2.58. The fraction of sp³-hybridized carbons (Fsp3) is 1.00. The first kappa shape index (κ1) is 17.0. The summed E-state index contributed by atoms with van der Waals surface area (Å²) in [5.41, 5.74) is 0. The normalized spacial score (nSPS) is 12.9. The van der Waals surface area contributed by atoms with Crippen LogP contribution >= 0.6 is 11.6 Å². The van der Waals surface area contributed by atoms with Gasteiger partial charge in [-0.2, -0.15) is 4.31 Å². The largest absolute Gasteiger partial charge is 0.378 e. The highest BCUT2D eigenvalue weighted by Crippen LogP contribution is 2.07. The van der Waals surface area contributed by atoms with Gasteiger partial charge < -0.3 is 4.74 Å². The minimum atomic E-state index is -3.73. The summed E-state index contributed by atoms with van der Waals surface area (Å²) >= 11 is 5.39. The molecule has 17 heavy (non-hydrogen) atoms. The number of hydrogen-bond donors (Lipinski definition) is 0. The molecule has 0 fully saturated rings. The van der Waals surface area contributed by atoms with E-state index in [1.807, 2.05) is 0 Å². The summed E-state index contributed by atoms with van der Waals surface area (Å²) < 4.78 is 53.6. The monoisotopic (exact) mass is 293 g/mol. The molecule has 104 valence electrons. The molecule has 0 aliphatic rings. The smallest absolute Gasteiger partial charge is 0.252 e. The van der Waals surface area contributed by atoms with Crippen LogP contribution in [0.25, 0.3) is 0 Å². The molecule has 0 aromatic rings. The third kappa shape index (κ3) is 7.86. The number of nitrogens with zero attached hydrogens (tertiary/aromatic N) is 1. The Balaban J connectivity index is 4.38. The van der Waals surface area contributed by atoms with Crippen molar-refractivity contribution in [2.45, 2.75) is 26.4 Å². The van der Waals surface area contributed by atoms with Crippen molar-refractivity contribution in [2.75, 3.05) is 31.3 Å². The molecule has 0 saturated carbocycles. The predicted molar refractivity (Wildman–Crippen MR) is 63.2 cm³/mol. The van der Waals surface area contributed by atoms with Crippen LogP contribution in [0.5, 0.6) is 0 Å². The van der Waals surface area contributed by atoms with Crippen molar-refractivity contribution in [2.24, 2.45) is 0 Å². The van der Waals surface area contributed by atoms with Gasteiger partial charge in [-0.05, 0) is 13.8 Å². The summed E-state index contributed by atoms with van der Waals surface area (Å²) in [7, 11) is -3.73. The maximum absolute atomic E-state index is 12.2. The number of hydrogen-bond acceptors (Lipinski definition) is 3. The van der Waals surface area contributed by atoms with E-state index in [1.165, 1.54) is 0 Å². The van der Waals surface area contributed by atoms with Gasteiger partial charge in [0, 0.05) is 12.4 Å². The van der Waals surface area contributed by atoms with Crippen molar-refractivity contribution in [3.8, 4) is 0 Å². The lowest BCUT2D eigenvalue weighted by atomic mass is 10.5. The summed E-state index contributed by atoms with van der Waals surface area (Å²) in [4.78, 5) is 0. The molecular formula is C9H18ClF2NO3S. The zero-order valence-corrected chi connectivity index (χ0v) is 11.5. The first-order valence-electron chi connectivity index (χ1n) is 5.23. The minimum Gasteiger partial charge on any atom is -0.378 e. The quantitative estimate of drug-likeness (QED) is 0.606. The lowest BCUT2D eigenvalue weighted by molar-refractivity contribution is 0.0895. The number of halogens is 3. The fourth-order valence-electron chi connectivity index (χ4n) is 1.11. The van der Waals surface area contributed by atoms with E-state index in [4.69, 9.17) is 16.3 Å². The van der Waals surface area contributed by atoms with Gasteiger partial charge in [-0.3, -0.25) is 0 Å². The molecule has 0 aliphatic heterocycles. The Hall–Kier alpha value is 0.0200. The van der Waals surface area contributed by atoms with Crippen LogP contribution in [0.2, 0.25) is 0 Å². The summed E-state index contributed by atoms with van der Waals surface area (Å²) in [5.74, 6) is -0.328. The molecule has 0 radical (unpaired) electrons. The van der Waals surface area contributed by atoms with Crippen LogP contribution in [0.4, 0.5) is 8.78 Å². The Labute approximate surface area is 106 Å². The Morgan fingerprint density at radius 3 is 2.35 bits per heavy atom. The zero-order valence-electron chi connectivity index (χ0n) is 9.90. The van der Waals surface area contributed by atoms with Crippen LogP contribution in [-0.4, -0.2) is 56.6 Å². The SMILES string of the molecule is CC(C)OCCS(=O)(=O)N(CCCl)CC(F)F. The molecule has 0 saturated heterocycles. The van der Waals surface area contributed by atoms with Crippen LogP contribution < -0.4 is 0 Å². The average Bonchev–Trinajstić information content (AvgIpc) is 2.15. The van der Waals surface area contributed by atoms with Gasteiger partial charge in [0.2, 0.25) is 10.0 Å². The van der Waals surface area contributed by atoms with Crippen LogP contribution in [0.1, 0.15) is 13.8 Å². The molecule has 4 nitrogen and oxygen atoms in total. The van der Waals surface area contributed by atoms with Crippen molar-refractivity contribution in [3.05, 3.63) is 0 Å². The van der Waals surface area contributed by atoms with Gasteiger partial charge in [0.25, 0.3) is 6.43 Å². The van der Waals surface area contributed by atoms with Crippen LogP contribution in [-0.2, 0) is 14.8 Å². The lowest BCUT2D eigenvalue weighted by Gasteiger charge is -2.21. The maximum atomic E-state index is 12.2. The van der Waals surface area contributed by atoms with Gasteiger partial charge in [0.1, 0.15) is 0 Å².